The second-order valence-electron chi connectivity index (χ2n) is 5.67. The zero-order valence-electron chi connectivity index (χ0n) is 12.9. The van der Waals surface area contributed by atoms with Crippen molar-refractivity contribution >= 4 is 23.5 Å². The predicted octanol–water partition coefficient (Wildman–Crippen LogP) is 1.89. The van der Waals surface area contributed by atoms with Crippen LogP contribution in [0.2, 0.25) is 0 Å². The van der Waals surface area contributed by atoms with Crippen LogP contribution in [0.15, 0.2) is 24.4 Å². The van der Waals surface area contributed by atoms with Crippen molar-refractivity contribution in [1.29, 1.82) is 0 Å². The van der Waals surface area contributed by atoms with Crippen LogP contribution in [0.3, 0.4) is 0 Å². The quantitative estimate of drug-likeness (QED) is 0.883. The molecule has 1 aromatic heterocycles. The van der Waals surface area contributed by atoms with E-state index in [2.05, 4.69) is 50.9 Å². The third-order valence-electron chi connectivity index (χ3n) is 4.13. The Morgan fingerprint density at radius 1 is 1.23 bits per heavy atom. The van der Waals surface area contributed by atoms with Gasteiger partial charge in [0.1, 0.15) is 0 Å². The van der Waals surface area contributed by atoms with E-state index in [-0.39, 0.29) is 0 Å². The fourth-order valence-corrected chi connectivity index (χ4v) is 5.36. The van der Waals surface area contributed by atoms with Crippen molar-refractivity contribution in [2.75, 3.05) is 55.9 Å². The van der Waals surface area contributed by atoms with Gasteiger partial charge >= 0.3 is 0 Å². The first kappa shape index (κ1) is 16.6. The van der Waals surface area contributed by atoms with Gasteiger partial charge in [-0.3, -0.25) is 9.88 Å². The maximum Gasteiger partial charge on any atom is 0.0648 e. The Morgan fingerprint density at radius 3 is 2.68 bits per heavy atom. The molecule has 0 spiro atoms. The third-order valence-corrected chi connectivity index (χ3v) is 6.65. The van der Waals surface area contributed by atoms with Gasteiger partial charge in [0.25, 0.3) is 0 Å². The lowest BCUT2D eigenvalue weighted by Crippen LogP contribution is -2.45. The second kappa shape index (κ2) is 9.13. The van der Waals surface area contributed by atoms with Crippen LogP contribution in [0.25, 0.3) is 0 Å². The van der Waals surface area contributed by atoms with E-state index in [9.17, 15) is 0 Å². The van der Waals surface area contributed by atoms with E-state index in [1.165, 1.54) is 28.7 Å². The minimum atomic E-state index is 0.350. The smallest absolute Gasteiger partial charge is 0.0648 e. The molecular weight excluding hydrogens is 314 g/mol. The van der Waals surface area contributed by atoms with E-state index in [0.717, 1.165) is 32.8 Å². The van der Waals surface area contributed by atoms with Crippen LogP contribution in [0.1, 0.15) is 11.7 Å². The van der Waals surface area contributed by atoms with Crippen LogP contribution in [-0.2, 0) is 4.74 Å². The third kappa shape index (κ3) is 4.86. The number of nitrogens with zero attached hydrogens (tertiary/aromatic N) is 2. The monoisotopic (exact) mass is 339 g/mol. The summed E-state index contributed by atoms with van der Waals surface area (Å²) in [5, 5.41) is 3.79. The molecule has 2 aliphatic heterocycles. The van der Waals surface area contributed by atoms with Crippen molar-refractivity contribution in [2.24, 2.45) is 0 Å². The Labute approximate surface area is 141 Å². The molecule has 6 heteroatoms. The van der Waals surface area contributed by atoms with Crippen molar-refractivity contribution in [3.05, 3.63) is 30.1 Å². The highest BCUT2D eigenvalue weighted by Crippen LogP contribution is 2.21. The SMILES string of the molecule is c1ccc([C@@H](CNC2CSCCSC2)N2CCOCC2)nc1. The number of thioether (sulfide) groups is 2. The predicted molar refractivity (Wildman–Crippen MR) is 95.8 cm³/mol. The summed E-state index contributed by atoms with van der Waals surface area (Å²) in [7, 11) is 0. The number of pyridine rings is 1. The molecule has 1 atom stereocenters. The van der Waals surface area contributed by atoms with E-state index in [4.69, 9.17) is 4.74 Å². The number of nitrogens with one attached hydrogen (secondary N) is 1. The van der Waals surface area contributed by atoms with E-state index < -0.39 is 0 Å². The first-order valence-corrected chi connectivity index (χ1v) is 10.4. The van der Waals surface area contributed by atoms with Crippen LogP contribution >= 0.6 is 23.5 Å². The number of ether oxygens (including phenoxy) is 1. The molecule has 0 aromatic carbocycles. The van der Waals surface area contributed by atoms with E-state index in [0.29, 0.717) is 12.1 Å². The zero-order chi connectivity index (χ0) is 15.0. The summed E-state index contributed by atoms with van der Waals surface area (Å²) in [6, 6.07) is 7.20. The summed E-state index contributed by atoms with van der Waals surface area (Å²) >= 11 is 4.15. The molecule has 0 amide bonds. The van der Waals surface area contributed by atoms with Crippen LogP contribution in [0, 0.1) is 0 Å². The van der Waals surface area contributed by atoms with Crippen molar-refractivity contribution in [2.45, 2.75) is 12.1 Å². The zero-order valence-corrected chi connectivity index (χ0v) is 14.6. The highest BCUT2D eigenvalue weighted by atomic mass is 32.2. The van der Waals surface area contributed by atoms with Gasteiger partial charge < -0.3 is 10.1 Å². The lowest BCUT2D eigenvalue weighted by Gasteiger charge is -2.35. The van der Waals surface area contributed by atoms with Gasteiger partial charge in [0, 0.05) is 54.9 Å². The first-order chi connectivity index (χ1) is 10.9. The van der Waals surface area contributed by atoms with Crippen LogP contribution in [0.4, 0.5) is 0 Å². The lowest BCUT2D eigenvalue weighted by atomic mass is 10.1. The molecule has 4 nitrogen and oxygen atoms in total. The molecule has 0 bridgehead atoms. The van der Waals surface area contributed by atoms with Gasteiger partial charge in [-0.25, -0.2) is 0 Å². The molecular formula is C16H25N3OS2. The highest BCUT2D eigenvalue weighted by molar-refractivity contribution is 8.03. The summed E-state index contributed by atoms with van der Waals surface area (Å²) in [6.07, 6.45) is 1.90. The molecule has 3 rings (SSSR count). The molecule has 1 N–H and O–H groups in total. The van der Waals surface area contributed by atoms with Crippen LogP contribution in [-0.4, -0.2) is 71.8 Å². The number of hydrogen-bond donors (Lipinski definition) is 1. The molecule has 2 fully saturated rings. The number of aromatic nitrogens is 1. The van der Waals surface area contributed by atoms with Gasteiger partial charge in [-0.2, -0.15) is 23.5 Å². The lowest BCUT2D eigenvalue weighted by molar-refractivity contribution is 0.0150. The molecule has 2 saturated heterocycles. The number of morpholine rings is 1. The fraction of sp³-hybridized carbons (Fsp3) is 0.688. The molecule has 3 heterocycles. The summed E-state index contributed by atoms with van der Waals surface area (Å²) < 4.78 is 5.51. The topological polar surface area (TPSA) is 37.4 Å². The largest absolute Gasteiger partial charge is 0.379 e. The standard InChI is InChI=1S/C16H25N3OS2/c1-2-4-17-15(3-1)16(19-5-7-20-8-6-19)11-18-14-12-21-9-10-22-13-14/h1-4,14,16,18H,5-13H2/t16-/m1/s1. The highest BCUT2D eigenvalue weighted by Gasteiger charge is 2.24. The van der Waals surface area contributed by atoms with Gasteiger partial charge in [-0.15, -0.1) is 0 Å². The van der Waals surface area contributed by atoms with Gasteiger partial charge in [-0.05, 0) is 12.1 Å². The summed E-state index contributed by atoms with van der Waals surface area (Å²) in [6.45, 7) is 4.63. The molecule has 0 unspecified atom stereocenters. The fourth-order valence-electron chi connectivity index (χ4n) is 2.90. The Morgan fingerprint density at radius 2 is 2.00 bits per heavy atom. The molecule has 122 valence electrons. The average Bonchev–Trinajstić information content (AvgIpc) is 2.86. The molecule has 2 aliphatic rings. The van der Waals surface area contributed by atoms with Crippen molar-refractivity contribution in [3.8, 4) is 0 Å². The van der Waals surface area contributed by atoms with Gasteiger partial charge in [0.2, 0.25) is 0 Å². The van der Waals surface area contributed by atoms with Crippen molar-refractivity contribution in [3.63, 3.8) is 0 Å². The molecule has 0 aliphatic carbocycles. The molecule has 0 saturated carbocycles. The molecule has 0 radical (unpaired) electrons. The van der Waals surface area contributed by atoms with E-state index >= 15 is 0 Å². The van der Waals surface area contributed by atoms with Gasteiger partial charge in [0.15, 0.2) is 0 Å². The Bertz CT molecular complexity index is 421. The van der Waals surface area contributed by atoms with Crippen molar-refractivity contribution < 1.29 is 4.74 Å². The summed E-state index contributed by atoms with van der Waals surface area (Å²) in [5.74, 6) is 5.03. The van der Waals surface area contributed by atoms with E-state index in [1.807, 2.05) is 12.3 Å². The Hall–Kier alpha value is -0.270. The Balaban J connectivity index is 1.62. The number of rotatable bonds is 5. The average molecular weight is 340 g/mol. The normalized spacial score (nSPS) is 23.1. The number of hydrogen-bond acceptors (Lipinski definition) is 6. The van der Waals surface area contributed by atoms with Crippen LogP contribution < -0.4 is 5.32 Å². The second-order valence-corrected chi connectivity index (χ2v) is 7.97. The van der Waals surface area contributed by atoms with Crippen LogP contribution in [0.5, 0.6) is 0 Å². The molecule has 1 aromatic rings. The van der Waals surface area contributed by atoms with E-state index in [1.54, 1.807) is 0 Å². The minimum Gasteiger partial charge on any atom is -0.379 e. The van der Waals surface area contributed by atoms with Crippen molar-refractivity contribution in [1.82, 2.24) is 15.2 Å². The van der Waals surface area contributed by atoms with Gasteiger partial charge in [0.05, 0.1) is 24.9 Å². The maximum atomic E-state index is 5.51. The first-order valence-electron chi connectivity index (χ1n) is 8.05. The minimum absolute atomic E-state index is 0.350. The summed E-state index contributed by atoms with van der Waals surface area (Å²) in [4.78, 5) is 7.11. The molecule has 22 heavy (non-hydrogen) atoms. The summed E-state index contributed by atoms with van der Waals surface area (Å²) in [5.41, 5.74) is 1.17. The Kier molecular flexibility index (Phi) is 6.88. The maximum absolute atomic E-state index is 5.51. The van der Waals surface area contributed by atoms with Gasteiger partial charge in [-0.1, -0.05) is 6.07 Å².